The van der Waals surface area contributed by atoms with Crippen LogP contribution in [0.3, 0.4) is 0 Å². The molecule has 3 nitrogen and oxygen atoms in total. The molecule has 118 valence electrons. The predicted molar refractivity (Wildman–Crippen MR) is 93.0 cm³/mol. The largest absolute Gasteiger partial charge is 0.456 e. The van der Waals surface area contributed by atoms with Crippen molar-refractivity contribution in [2.24, 2.45) is 0 Å². The standard InChI is InChI=1S/C19H12ClFN2O/c20-12-8-10-13(11-9-12)24-17-7-3-4-14(21)18(17)19-22-15-5-1-2-6-16(15)23-19/h1-11H,(H,22,23). The molecule has 0 unspecified atom stereocenters. The van der Waals surface area contributed by atoms with Gasteiger partial charge in [0, 0.05) is 5.02 Å². The third kappa shape index (κ3) is 2.72. The van der Waals surface area contributed by atoms with Crippen molar-refractivity contribution in [2.75, 3.05) is 0 Å². The zero-order valence-electron chi connectivity index (χ0n) is 12.5. The molecule has 1 aromatic heterocycles. The number of H-pyrrole nitrogens is 1. The van der Waals surface area contributed by atoms with Crippen molar-refractivity contribution in [1.82, 2.24) is 9.97 Å². The summed E-state index contributed by atoms with van der Waals surface area (Å²) in [6, 6.07) is 19.2. The molecule has 1 heterocycles. The molecule has 0 saturated heterocycles. The summed E-state index contributed by atoms with van der Waals surface area (Å²) in [5.74, 6) is 0.984. The van der Waals surface area contributed by atoms with Crippen LogP contribution >= 0.6 is 11.6 Å². The highest BCUT2D eigenvalue weighted by molar-refractivity contribution is 6.30. The van der Waals surface area contributed by atoms with Gasteiger partial charge >= 0.3 is 0 Å². The van der Waals surface area contributed by atoms with E-state index in [1.165, 1.54) is 6.07 Å². The first-order chi connectivity index (χ1) is 11.7. The fourth-order valence-electron chi connectivity index (χ4n) is 2.52. The monoisotopic (exact) mass is 338 g/mol. The predicted octanol–water partition coefficient (Wildman–Crippen LogP) is 5.81. The van der Waals surface area contributed by atoms with Crippen molar-refractivity contribution in [3.8, 4) is 22.9 Å². The second-order valence-corrected chi connectivity index (χ2v) is 5.71. The Hall–Kier alpha value is -2.85. The van der Waals surface area contributed by atoms with Gasteiger partial charge in [0.15, 0.2) is 0 Å². The lowest BCUT2D eigenvalue weighted by Gasteiger charge is -2.10. The zero-order valence-corrected chi connectivity index (χ0v) is 13.2. The normalized spacial score (nSPS) is 10.9. The van der Waals surface area contributed by atoms with Gasteiger partial charge in [0.05, 0.1) is 16.6 Å². The van der Waals surface area contributed by atoms with Crippen LogP contribution < -0.4 is 4.74 Å². The minimum Gasteiger partial charge on any atom is -0.456 e. The fourth-order valence-corrected chi connectivity index (χ4v) is 2.65. The van der Waals surface area contributed by atoms with Crippen LogP contribution in [-0.4, -0.2) is 9.97 Å². The Bertz CT molecular complexity index is 978. The van der Waals surface area contributed by atoms with Gasteiger partial charge in [0.25, 0.3) is 0 Å². The lowest BCUT2D eigenvalue weighted by atomic mass is 10.1. The number of aromatic amines is 1. The second kappa shape index (κ2) is 5.98. The number of fused-ring (bicyclic) bond motifs is 1. The van der Waals surface area contributed by atoms with E-state index in [0.717, 1.165) is 11.0 Å². The molecule has 0 amide bonds. The second-order valence-electron chi connectivity index (χ2n) is 5.27. The van der Waals surface area contributed by atoms with Crippen LogP contribution in [0.1, 0.15) is 0 Å². The van der Waals surface area contributed by atoms with Gasteiger partial charge in [0.2, 0.25) is 0 Å². The molecule has 0 aliphatic rings. The number of ether oxygens (including phenoxy) is 1. The Morgan fingerprint density at radius 2 is 1.71 bits per heavy atom. The highest BCUT2D eigenvalue weighted by atomic mass is 35.5. The van der Waals surface area contributed by atoms with Crippen LogP contribution in [0.4, 0.5) is 4.39 Å². The van der Waals surface area contributed by atoms with Crippen molar-refractivity contribution in [1.29, 1.82) is 0 Å². The summed E-state index contributed by atoms with van der Waals surface area (Å²) in [5, 5.41) is 0.610. The highest BCUT2D eigenvalue weighted by Gasteiger charge is 2.16. The molecule has 0 aliphatic heterocycles. The van der Waals surface area contributed by atoms with Crippen LogP contribution in [0.2, 0.25) is 5.02 Å². The molecule has 4 aromatic rings. The third-order valence-electron chi connectivity index (χ3n) is 3.64. The molecule has 0 bridgehead atoms. The number of hydrogen-bond acceptors (Lipinski definition) is 2. The van der Waals surface area contributed by atoms with Crippen molar-refractivity contribution in [3.63, 3.8) is 0 Å². The van der Waals surface area contributed by atoms with Crippen LogP contribution in [0, 0.1) is 5.82 Å². The van der Waals surface area contributed by atoms with Gasteiger partial charge in [-0.15, -0.1) is 0 Å². The lowest BCUT2D eigenvalue weighted by molar-refractivity contribution is 0.479. The van der Waals surface area contributed by atoms with Gasteiger partial charge in [-0.25, -0.2) is 9.37 Å². The summed E-state index contributed by atoms with van der Waals surface area (Å²) < 4.78 is 20.3. The summed E-state index contributed by atoms with van der Waals surface area (Å²) in [6.07, 6.45) is 0. The van der Waals surface area contributed by atoms with Crippen molar-refractivity contribution in [3.05, 3.63) is 77.6 Å². The van der Waals surface area contributed by atoms with Gasteiger partial charge in [-0.3, -0.25) is 0 Å². The maximum absolute atomic E-state index is 14.5. The number of rotatable bonds is 3. The van der Waals surface area contributed by atoms with E-state index in [9.17, 15) is 4.39 Å². The van der Waals surface area contributed by atoms with E-state index < -0.39 is 5.82 Å². The third-order valence-corrected chi connectivity index (χ3v) is 3.89. The summed E-state index contributed by atoms with van der Waals surface area (Å²) >= 11 is 5.88. The SMILES string of the molecule is Fc1cccc(Oc2ccc(Cl)cc2)c1-c1nc2ccccc2[nH]1. The van der Waals surface area contributed by atoms with Gasteiger partial charge in [0.1, 0.15) is 23.1 Å². The lowest BCUT2D eigenvalue weighted by Crippen LogP contribution is -1.93. The van der Waals surface area contributed by atoms with E-state index in [1.54, 1.807) is 36.4 Å². The smallest absolute Gasteiger partial charge is 0.145 e. The van der Waals surface area contributed by atoms with E-state index in [2.05, 4.69) is 9.97 Å². The number of hydrogen-bond donors (Lipinski definition) is 1. The van der Waals surface area contributed by atoms with Crippen molar-refractivity contribution >= 4 is 22.6 Å². The molecule has 24 heavy (non-hydrogen) atoms. The first-order valence-electron chi connectivity index (χ1n) is 7.38. The summed E-state index contributed by atoms with van der Waals surface area (Å²) in [7, 11) is 0. The molecule has 0 radical (unpaired) electrons. The maximum atomic E-state index is 14.5. The molecule has 5 heteroatoms. The number of nitrogens with zero attached hydrogens (tertiary/aromatic N) is 1. The van der Waals surface area contributed by atoms with E-state index in [-0.39, 0.29) is 0 Å². The van der Waals surface area contributed by atoms with Gasteiger partial charge < -0.3 is 9.72 Å². The summed E-state index contributed by atoms with van der Waals surface area (Å²) in [4.78, 5) is 7.60. The molecule has 4 rings (SSSR count). The first kappa shape index (κ1) is 14.7. The number of halogens is 2. The minimum absolute atomic E-state index is 0.295. The van der Waals surface area contributed by atoms with E-state index in [1.807, 2.05) is 24.3 Å². The molecule has 0 fully saturated rings. The first-order valence-corrected chi connectivity index (χ1v) is 7.75. The van der Waals surface area contributed by atoms with Crippen molar-refractivity contribution < 1.29 is 9.13 Å². The van der Waals surface area contributed by atoms with Gasteiger partial charge in [-0.1, -0.05) is 29.8 Å². The highest BCUT2D eigenvalue weighted by Crippen LogP contribution is 2.35. The maximum Gasteiger partial charge on any atom is 0.145 e. The number of nitrogens with one attached hydrogen (secondary N) is 1. The zero-order chi connectivity index (χ0) is 16.5. The molecule has 0 spiro atoms. The molecular weight excluding hydrogens is 327 g/mol. The molecule has 0 atom stereocenters. The molecular formula is C19H12ClFN2O. The quantitative estimate of drug-likeness (QED) is 0.511. The summed E-state index contributed by atoms with van der Waals surface area (Å²) in [6.45, 7) is 0. The van der Waals surface area contributed by atoms with Crippen molar-refractivity contribution in [2.45, 2.75) is 0 Å². The van der Waals surface area contributed by atoms with Crippen LogP contribution in [0.5, 0.6) is 11.5 Å². The average molecular weight is 339 g/mol. The van der Waals surface area contributed by atoms with Gasteiger partial charge in [-0.2, -0.15) is 0 Å². The van der Waals surface area contributed by atoms with E-state index in [0.29, 0.717) is 27.9 Å². The van der Waals surface area contributed by atoms with E-state index >= 15 is 0 Å². The van der Waals surface area contributed by atoms with Crippen LogP contribution in [0.15, 0.2) is 66.7 Å². The minimum atomic E-state index is -0.402. The number of aromatic nitrogens is 2. The number of imidazole rings is 1. The molecule has 1 N–H and O–H groups in total. The molecule has 0 saturated carbocycles. The topological polar surface area (TPSA) is 37.9 Å². The Morgan fingerprint density at radius 3 is 2.50 bits per heavy atom. The Kier molecular flexibility index (Phi) is 3.67. The molecule has 0 aliphatic carbocycles. The average Bonchev–Trinajstić information content (AvgIpc) is 3.00. The molecule has 3 aromatic carbocycles. The van der Waals surface area contributed by atoms with Gasteiger partial charge in [-0.05, 0) is 48.5 Å². The van der Waals surface area contributed by atoms with E-state index in [4.69, 9.17) is 16.3 Å². The Balaban J connectivity index is 1.81. The summed E-state index contributed by atoms with van der Waals surface area (Å²) in [5.41, 5.74) is 1.91. The van der Waals surface area contributed by atoms with Crippen LogP contribution in [-0.2, 0) is 0 Å². The van der Waals surface area contributed by atoms with Crippen LogP contribution in [0.25, 0.3) is 22.4 Å². The Morgan fingerprint density at radius 1 is 0.917 bits per heavy atom. The number of benzene rings is 3. The number of para-hydroxylation sites is 2. The Labute approximate surface area is 142 Å². The fraction of sp³-hybridized carbons (Fsp3) is 0.